The van der Waals surface area contributed by atoms with E-state index in [1.807, 2.05) is 0 Å². The van der Waals surface area contributed by atoms with Crippen molar-refractivity contribution in [1.29, 1.82) is 0 Å². The zero-order valence-electron chi connectivity index (χ0n) is 16.2. The van der Waals surface area contributed by atoms with Crippen LogP contribution in [0.1, 0.15) is 35.1 Å². The van der Waals surface area contributed by atoms with Crippen molar-refractivity contribution in [1.82, 2.24) is 30.9 Å². The molecule has 0 aliphatic carbocycles. The third kappa shape index (κ3) is 4.82. The summed E-state index contributed by atoms with van der Waals surface area (Å²) in [6.45, 7) is 2.23. The van der Waals surface area contributed by atoms with Gasteiger partial charge < -0.3 is 20.5 Å². The quantitative estimate of drug-likeness (QED) is 0.573. The summed E-state index contributed by atoms with van der Waals surface area (Å²) < 4.78 is 46.5. The molecule has 4 rings (SSSR count). The Morgan fingerprint density at radius 3 is 2.90 bits per heavy atom. The van der Waals surface area contributed by atoms with Gasteiger partial charge in [0.25, 0.3) is 5.91 Å². The van der Waals surface area contributed by atoms with Crippen molar-refractivity contribution in [2.75, 3.05) is 31.6 Å². The van der Waals surface area contributed by atoms with Gasteiger partial charge in [-0.1, -0.05) is 5.16 Å². The lowest BCUT2D eigenvalue weighted by molar-refractivity contribution is -0.195. The van der Waals surface area contributed by atoms with Crippen LogP contribution in [0.15, 0.2) is 23.0 Å². The van der Waals surface area contributed by atoms with Crippen molar-refractivity contribution < 1.29 is 22.5 Å². The molecule has 2 fully saturated rings. The molecule has 2 aromatic heterocycles. The van der Waals surface area contributed by atoms with Crippen molar-refractivity contribution in [3.63, 3.8) is 0 Å². The van der Waals surface area contributed by atoms with Gasteiger partial charge in [0.15, 0.2) is 11.5 Å². The molecule has 0 saturated carbocycles. The Labute approximate surface area is 170 Å². The zero-order chi connectivity index (χ0) is 21.1. The van der Waals surface area contributed by atoms with Crippen LogP contribution in [0.25, 0.3) is 0 Å². The first-order valence-corrected chi connectivity index (χ1v) is 9.92. The average Bonchev–Trinajstić information content (AvgIpc) is 3.38. The number of halogens is 3. The summed E-state index contributed by atoms with van der Waals surface area (Å²) in [6.07, 6.45) is -0.427. The van der Waals surface area contributed by atoms with Crippen LogP contribution in [0, 0.1) is 11.8 Å². The molecule has 9 nitrogen and oxygen atoms in total. The number of aromatic nitrogens is 3. The van der Waals surface area contributed by atoms with E-state index in [1.165, 1.54) is 17.1 Å². The van der Waals surface area contributed by atoms with Gasteiger partial charge in [0.2, 0.25) is 0 Å². The summed E-state index contributed by atoms with van der Waals surface area (Å²) in [5.41, 5.74) is 0.517. The van der Waals surface area contributed by atoms with Gasteiger partial charge in [0, 0.05) is 37.9 Å². The Hall–Kier alpha value is -2.44. The predicted molar refractivity (Wildman–Crippen MR) is 101 cm³/mol. The molecule has 2 aliphatic heterocycles. The van der Waals surface area contributed by atoms with E-state index in [9.17, 15) is 18.0 Å². The molecular formula is C18H24F3N7O2. The highest BCUT2D eigenvalue weighted by Gasteiger charge is 2.45. The maximum atomic E-state index is 13.3. The van der Waals surface area contributed by atoms with Crippen molar-refractivity contribution in [2.24, 2.45) is 11.8 Å². The summed E-state index contributed by atoms with van der Waals surface area (Å²) >= 11 is 0. The van der Waals surface area contributed by atoms with Gasteiger partial charge in [0.05, 0.1) is 23.8 Å². The molecule has 0 aromatic carbocycles. The van der Waals surface area contributed by atoms with E-state index in [1.54, 1.807) is 6.07 Å². The molecule has 0 spiro atoms. The van der Waals surface area contributed by atoms with E-state index in [4.69, 9.17) is 4.52 Å². The van der Waals surface area contributed by atoms with Crippen LogP contribution < -0.4 is 21.3 Å². The molecule has 2 aliphatic rings. The standard InChI is InChI=1S/C18H24F3N7O2/c19-18(20,21)13-1-3-22-6-11(13)8-28-9-12(7-25-28)26-17(29)15-5-16(30-27-15)14-2-4-23-10-24-14/h5,7,9,11,13-14,22-24H,1-4,6,8,10H2,(H,26,29). The zero-order valence-corrected chi connectivity index (χ0v) is 16.2. The second-order valence-electron chi connectivity index (χ2n) is 7.64. The number of carbonyl (C=O) groups excluding carboxylic acids is 1. The van der Waals surface area contributed by atoms with Gasteiger partial charge in [-0.25, -0.2) is 0 Å². The average molecular weight is 427 g/mol. The molecule has 3 atom stereocenters. The number of rotatable bonds is 5. The fourth-order valence-electron chi connectivity index (χ4n) is 3.94. The molecule has 12 heteroatoms. The number of nitrogens with zero attached hydrogens (tertiary/aromatic N) is 3. The molecule has 3 unspecified atom stereocenters. The fourth-order valence-corrected chi connectivity index (χ4v) is 3.94. The number of nitrogens with one attached hydrogen (secondary N) is 4. The number of piperidine rings is 1. The number of hydrogen-bond donors (Lipinski definition) is 4. The third-order valence-corrected chi connectivity index (χ3v) is 5.53. The molecule has 2 saturated heterocycles. The van der Waals surface area contributed by atoms with E-state index >= 15 is 0 Å². The van der Waals surface area contributed by atoms with Gasteiger partial charge in [-0.3, -0.25) is 14.8 Å². The minimum absolute atomic E-state index is 0.00580. The van der Waals surface area contributed by atoms with E-state index in [2.05, 4.69) is 31.5 Å². The van der Waals surface area contributed by atoms with Crippen LogP contribution in [-0.2, 0) is 6.54 Å². The van der Waals surface area contributed by atoms with Gasteiger partial charge in [-0.05, 0) is 25.9 Å². The Morgan fingerprint density at radius 1 is 1.30 bits per heavy atom. The summed E-state index contributed by atoms with van der Waals surface area (Å²) in [5, 5.41) is 20.0. The first-order chi connectivity index (χ1) is 14.4. The molecule has 0 radical (unpaired) electrons. The Kier molecular flexibility index (Phi) is 6.06. The molecular weight excluding hydrogens is 403 g/mol. The molecule has 164 valence electrons. The summed E-state index contributed by atoms with van der Waals surface area (Å²) in [7, 11) is 0. The molecule has 0 bridgehead atoms. The monoisotopic (exact) mass is 427 g/mol. The van der Waals surface area contributed by atoms with Gasteiger partial charge in [0.1, 0.15) is 0 Å². The van der Waals surface area contributed by atoms with E-state index in [-0.39, 0.29) is 31.2 Å². The van der Waals surface area contributed by atoms with Gasteiger partial charge >= 0.3 is 6.18 Å². The highest BCUT2D eigenvalue weighted by Crippen LogP contribution is 2.36. The number of amides is 1. The number of hydrogen-bond acceptors (Lipinski definition) is 7. The predicted octanol–water partition coefficient (Wildman–Crippen LogP) is 1.49. The summed E-state index contributed by atoms with van der Waals surface area (Å²) in [4.78, 5) is 12.4. The van der Waals surface area contributed by atoms with Crippen LogP contribution in [0.4, 0.5) is 18.9 Å². The largest absolute Gasteiger partial charge is 0.392 e. The Morgan fingerprint density at radius 2 is 2.13 bits per heavy atom. The first kappa shape index (κ1) is 20.8. The normalized spacial score (nSPS) is 25.2. The summed E-state index contributed by atoms with van der Waals surface area (Å²) in [6, 6.07) is 1.58. The fraction of sp³-hybridized carbons (Fsp3) is 0.611. The molecule has 4 heterocycles. The van der Waals surface area contributed by atoms with Crippen molar-refractivity contribution in [3.05, 3.63) is 29.9 Å². The molecule has 1 amide bonds. The minimum atomic E-state index is -4.23. The van der Waals surface area contributed by atoms with Gasteiger partial charge in [-0.15, -0.1) is 0 Å². The lowest BCUT2D eigenvalue weighted by atomic mass is 9.86. The number of alkyl halides is 3. The summed E-state index contributed by atoms with van der Waals surface area (Å²) in [5.74, 6) is -1.86. The van der Waals surface area contributed by atoms with Crippen molar-refractivity contribution in [3.8, 4) is 0 Å². The molecule has 2 aromatic rings. The second kappa shape index (κ2) is 8.74. The number of anilines is 1. The first-order valence-electron chi connectivity index (χ1n) is 9.92. The molecule has 30 heavy (non-hydrogen) atoms. The SMILES string of the molecule is O=C(Nc1cnn(CC2CNCCC2C(F)(F)F)c1)c1cc(C2CCNCN2)on1. The van der Waals surface area contributed by atoms with E-state index < -0.39 is 23.9 Å². The third-order valence-electron chi connectivity index (χ3n) is 5.53. The van der Waals surface area contributed by atoms with E-state index in [0.717, 1.165) is 13.0 Å². The van der Waals surface area contributed by atoms with Crippen LogP contribution in [0.3, 0.4) is 0 Å². The molecule has 4 N–H and O–H groups in total. The van der Waals surface area contributed by atoms with Crippen LogP contribution in [0.5, 0.6) is 0 Å². The van der Waals surface area contributed by atoms with Crippen molar-refractivity contribution in [2.45, 2.75) is 31.6 Å². The van der Waals surface area contributed by atoms with Crippen LogP contribution >= 0.6 is 0 Å². The van der Waals surface area contributed by atoms with Crippen molar-refractivity contribution >= 4 is 11.6 Å². The highest BCUT2D eigenvalue weighted by atomic mass is 19.4. The van der Waals surface area contributed by atoms with Gasteiger partial charge in [-0.2, -0.15) is 18.3 Å². The minimum Gasteiger partial charge on any atom is -0.359 e. The smallest absolute Gasteiger partial charge is 0.359 e. The van der Waals surface area contributed by atoms with Crippen LogP contribution in [0.2, 0.25) is 0 Å². The Balaban J connectivity index is 1.36. The topological polar surface area (TPSA) is 109 Å². The second-order valence-corrected chi connectivity index (χ2v) is 7.64. The lowest BCUT2D eigenvalue weighted by Crippen LogP contribution is -2.45. The highest BCUT2D eigenvalue weighted by molar-refractivity contribution is 6.02. The Bertz CT molecular complexity index is 860. The number of carbonyl (C=O) groups is 1. The maximum Gasteiger partial charge on any atom is 0.392 e. The van der Waals surface area contributed by atoms with Crippen LogP contribution in [-0.4, -0.2) is 53.3 Å². The van der Waals surface area contributed by atoms with E-state index in [0.29, 0.717) is 24.7 Å². The lowest BCUT2D eigenvalue weighted by Gasteiger charge is -2.33. The maximum absolute atomic E-state index is 13.3.